The first kappa shape index (κ1) is 10.3. The van der Waals surface area contributed by atoms with E-state index in [1.165, 1.54) is 12.3 Å². The van der Waals surface area contributed by atoms with Crippen LogP contribution < -0.4 is 4.74 Å². The minimum absolute atomic E-state index is 0.0583. The fraction of sp³-hybridized carbons (Fsp3) is 0.500. The van der Waals surface area contributed by atoms with Crippen molar-refractivity contribution >= 4 is 0 Å². The van der Waals surface area contributed by atoms with E-state index in [1.807, 2.05) is 0 Å². The molecule has 82 valence electrons. The number of hydrogen-bond acceptors (Lipinski definition) is 4. The van der Waals surface area contributed by atoms with Crippen molar-refractivity contribution in [2.45, 2.75) is 19.1 Å². The molecule has 0 amide bonds. The van der Waals surface area contributed by atoms with Crippen LogP contribution in [0.3, 0.4) is 0 Å². The molecule has 2 rings (SSSR count). The molecular weight excluding hydrogens is 201 g/mol. The Hall–Kier alpha value is -1.20. The Bertz CT molecular complexity index is 339. The topological polar surface area (TPSA) is 51.6 Å². The lowest BCUT2D eigenvalue weighted by atomic mass is 10.2. The summed E-state index contributed by atoms with van der Waals surface area (Å²) in [5, 5.41) is 8.86. The minimum Gasteiger partial charge on any atom is -0.470 e. The number of ether oxygens (including phenoxy) is 2. The number of aromatic nitrogens is 1. The summed E-state index contributed by atoms with van der Waals surface area (Å²) in [5.74, 6) is -0.649. The van der Waals surface area contributed by atoms with Crippen LogP contribution in [0, 0.1) is 5.82 Å². The zero-order valence-electron chi connectivity index (χ0n) is 8.15. The summed E-state index contributed by atoms with van der Waals surface area (Å²) >= 11 is 0. The summed E-state index contributed by atoms with van der Waals surface area (Å²) in [5.41, 5.74) is 0.193. The van der Waals surface area contributed by atoms with Crippen LogP contribution >= 0.6 is 0 Å². The Labute approximate surface area is 86.7 Å². The molecule has 0 radical (unpaired) electrons. The van der Waals surface area contributed by atoms with Crippen molar-refractivity contribution in [3.05, 3.63) is 23.6 Å². The van der Waals surface area contributed by atoms with E-state index in [1.54, 1.807) is 0 Å². The van der Waals surface area contributed by atoms with E-state index in [9.17, 15) is 4.39 Å². The first-order valence-corrected chi connectivity index (χ1v) is 4.80. The maximum absolute atomic E-state index is 13.5. The van der Waals surface area contributed by atoms with Crippen LogP contribution in [0.15, 0.2) is 12.3 Å². The number of rotatable bonds is 3. The maximum Gasteiger partial charge on any atom is 0.251 e. The van der Waals surface area contributed by atoms with Crippen LogP contribution in [0.4, 0.5) is 4.39 Å². The van der Waals surface area contributed by atoms with Gasteiger partial charge in [-0.2, -0.15) is 0 Å². The third kappa shape index (κ3) is 2.24. The molecule has 4 nitrogen and oxygen atoms in total. The molecule has 1 aliphatic rings. The lowest BCUT2D eigenvalue weighted by Crippen LogP contribution is -2.17. The highest BCUT2D eigenvalue weighted by Crippen LogP contribution is 2.20. The van der Waals surface area contributed by atoms with Gasteiger partial charge >= 0.3 is 0 Å². The highest BCUT2D eigenvalue weighted by Gasteiger charge is 2.20. The van der Waals surface area contributed by atoms with Gasteiger partial charge in [0.25, 0.3) is 5.88 Å². The van der Waals surface area contributed by atoms with Crippen molar-refractivity contribution in [3.8, 4) is 5.88 Å². The quantitative estimate of drug-likeness (QED) is 0.809. The third-order valence-corrected chi connectivity index (χ3v) is 2.27. The van der Waals surface area contributed by atoms with Gasteiger partial charge in [0.05, 0.1) is 19.8 Å². The molecule has 0 bridgehead atoms. The number of hydrogen-bond donors (Lipinski definition) is 1. The molecule has 2 heterocycles. The van der Waals surface area contributed by atoms with Crippen LogP contribution in [-0.4, -0.2) is 29.4 Å². The number of aliphatic hydroxyl groups is 1. The van der Waals surface area contributed by atoms with Gasteiger partial charge in [-0.25, -0.2) is 9.37 Å². The van der Waals surface area contributed by atoms with Gasteiger partial charge in [0, 0.05) is 18.2 Å². The van der Waals surface area contributed by atoms with Gasteiger partial charge in [0.15, 0.2) is 5.82 Å². The van der Waals surface area contributed by atoms with Crippen molar-refractivity contribution < 1.29 is 19.0 Å². The van der Waals surface area contributed by atoms with Gasteiger partial charge in [0.1, 0.15) is 6.10 Å². The Morgan fingerprint density at radius 2 is 2.53 bits per heavy atom. The zero-order chi connectivity index (χ0) is 10.7. The molecule has 1 unspecified atom stereocenters. The number of aliphatic hydroxyl groups excluding tert-OH is 1. The number of halogens is 1. The average Bonchev–Trinajstić information content (AvgIpc) is 2.74. The molecule has 15 heavy (non-hydrogen) atoms. The highest BCUT2D eigenvalue weighted by molar-refractivity contribution is 5.23. The first-order chi connectivity index (χ1) is 7.31. The zero-order valence-corrected chi connectivity index (χ0v) is 8.15. The fourth-order valence-corrected chi connectivity index (χ4v) is 1.43. The van der Waals surface area contributed by atoms with E-state index in [4.69, 9.17) is 14.6 Å². The second kappa shape index (κ2) is 4.55. The molecule has 0 aromatic carbocycles. The highest BCUT2D eigenvalue weighted by atomic mass is 19.1. The molecule has 5 heteroatoms. The minimum atomic E-state index is -0.591. The van der Waals surface area contributed by atoms with Gasteiger partial charge in [-0.1, -0.05) is 0 Å². The van der Waals surface area contributed by atoms with Crippen LogP contribution in [0.2, 0.25) is 0 Å². The predicted octanol–water partition coefficient (Wildman–Crippen LogP) is 0.881. The van der Waals surface area contributed by atoms with Gasteiger partial charge in [-0.05, 0) is 6.07 Å². The van der Waals surface area contributed by atoms with E-state index >= 15 is 0 Å². The Morgan fingerprint density at radius 1 is 1.67 bits per heavy atom. The molecule has 0 saturated carbocycles. The molecule has 1 aromatic heterocycles. The second-order valence-corrected chi connectivity index (χ2v) is 3.35. The van der Waals surface area contributed by atoms with Crippen LogP contribution in [-0.2, 0) is 11.3 Å². The van der Waals surface area contributed by atoms with Crippen molar-refractivity contribution in [2.24, 2.45) is 0 Å². The van der Waals surface area contributed by atoms with Crippen LogP contribution in [0.1, 0.15) is 12.0 Å². The second-order valence-electron chi connectivity index (χ2n) is 3.35. The smallest absolute Gasteiger partial charge is 0.251 e. The molecule has 1 aliphatic heterocycles. The van der Waals surface area contributed by atoms with Crippen LogP contribution in [0.25, 0.3) is 0 Å². The number of pyridine rings is 1. The standard InChI is InChI=1S/C10H12FNO3/c11-9-7(5-13)1-3-12-10(9)15-8-2-4-14-6-8/h1,3,8,13H,2,4-6H2. The molecule has 0 aliphatic carbocycles. The molecule has 1 aromatic rings. The molecule has 1 atom stereocenters. The molecule has 1 saturated heterocycles. The lowest BCUT2D eigenvalue weighted by Gasteiger charge is -2.12. The predicted molar refractivity (Wildman–Crippen MR) is 50.0 cm³/mol. The molecular formula is C10H12FNO3. The van der Waals surface area contributed by atoms with E-state index in [0.717, 1.165) is 6.42 Å². The van der Waals surface area contributed by atoms with E-state index < -0.39 is 5.82 Å². The lowest BCUT2D eigenvalue weighted by molar-refractivity contribution is 0.133. The Kier molecular flexibility index (Phi) is 3.13. The van der Waals surface area contributed by atoms with Gasteiger partial charge in [-0.3, -0.25) is 0 Å². The van der Waals surface area contributed by atoms with Crippen molar-refractivity contribution in [1.29, 1.82) is 0 Å². The fourth-order valence-electron chi connectivity index (χ4n) is 1.43. The first-order valence-electron chi connectivity index (χ1n) is 4.80. The summed E-state index contributed by atoms with van der Waals surface area (Å²) in [6, 6.07) is 1.42. The maximum atomic E-state index is 13.5. The summed E-state index contributed by atoms with van der Waals surface area (Å²) in [6.07, 6.45) is 2.02. The largest absolute Gasteiger partial charge is 0.470 e. The monoisotopic (exact) mass is 213 g/mol. The van der Waals surface area contributed by atoms with E-state index in [0.29, 0.717) is 13.2 Å². The molecule has 0 spiro atoms. The van der Waals surface area contributed by atoms with Gasteiger partial charge in [-0.15, -0.1) is 0 Å². The van der Waals surface area contributed by atoms with E-state index in [-0.39, 0.29) is 24.2 Å². The summed E-state index contributed by atoms with van der Waals surface area (Å²) in [4.78, 5) is 3.79. The van der Waals surface area contributed by atoms with E-state index in [2.05, 4.69) is 4.98 Å². The number of nitrogens with zero attached hydrogens (tertiary/aromatic N) is 1. The summed E-state index contributed by atoms with van der Waals surface area (Å²) < 4.78 is 24.0. The SMILES string of the molecule is OCc1ccnc(OC2CCOC2)c1F. The Morgan fingerprint density at radius 3 is 3.20 bits per heavy atom. The van der Waals surface area contributed by atoms with Gasteiger partial charge in [0.2, 0.25) is 0 Å². The molecule has 1 fully saturated rings. The van der Waals surface area contributed by atoms with Gasteiger partial charge < -0.3 is 14.6 Å². The third-order valence-electron chi connectivity index (χ3n) is 2.27. The molecule has 1 N–H and O–H groups in total. The Balaban J connectivity index is 2.13. The summed E-state index contributed by atoms with van der Waals surface area (Å²) in [6.45, 7) is 0.738. The van der Waals surface area contributed by atoms with Crippen molar-refractivity contribution in [3.63, 3.8) is 0 Å². The average molecular weight is 213 g/mol. The summed E-state index contributed by atoms with van der Waals surface area (Å²) in [7, 11) is 0. The van der Waals surface area contributed by atoms with Crippen molar-refractivity contribution in [1.82, 2.24) is 4.98 Å². The van der Waals surface area contributed by atoms with Crippen LogP contribution in [0.5, 0.6) is 5.88 Å². The van der Waals surface area contributed by atoms with Crippen molar-refractivity contribution in [2.75, 3.05) is 13.2 Å². The normalized spacial score (nSPS) is 20.5.